The zero-order chi connectivity index (χ0) is 40.6. The molecule has 1 heterocycles. The summed E-state index contributed by atoms with van der Waals surface area (Å²) in [5.74, 6) is -3.36. The van der Waals surface area contributed by atoms with Crippen molar-refractivity contribution >= 4 is 40.5 Å². The van der Waals surface area contributed by atoms with Crippen LogP contribution in [-0.2, 0) is 24.0 Å². The van der Waals surface area contributed by atoms with Crippen LogP contribution in [0.15, 0.2) is 66.2 Å². The summed E-state index contributed by atoms with van der Waals surface area (Å²) in [5.41, 5.74) is 1.36. The first-order valence-corrected chi connectivity index (χ1v) is 19.5. The topological polar surface area (TPSA) is 185 Å². The van der Waals surface area contributed by atoms with Crippen LogP contribution >= 0.6 is 0 Å². The molecule has 300 valence electrons. The molecule has 0 aliphatic heterocycles. The number of pyridine rings is 1. The van der Waals surface area contributed by atoms with E-state index in [2.05, 4.69) is 21.3 Å². The lowest BCUT2D eigenvalue weighted by Crippen LogP contribution is -2.59. The standard InChI is InChI=1S/C43H55N5O8/c1-7-14-32(42(53)54)46-38(49)30-21-28(56-35-24-33(25-15-10-8-11-16-25)45-34-23-27(55-6)19-20-29(34)35)22-31(30)39(50)48-37(43(2,3)4)41(52)47-36(40(51)44-5)26-17-12-9-13-18-26/h8,10-11,15-16,19-20,22-24,26,28,30,32,36-37H,7,9,12-14,17-18,21H2,1-6H3,(H,44,51)(H,46,49)(H,47,52)(H,48,50)(H,53,54)/t28-,30-,32+,36+,37-/m1/s1. The molecule has 4 amide bonds. The molecule has 0 saturated heterocycles. The number of carboxylic acid groups (broad SMARTS) is 1. The van der Waals surface area contributed by atoms with Crippen molar-refractivity contribution in [2.75, 3.05) is 14.2 Å². The van der Waals surface area contributed by atoms with E-state index in [0.717, 1.165) is 37.7 Å². The van der Waals surface area contributed by atoms with Gasteiger partial charge in [-0.05, 0) is 48.8 Å². The zero-order valence-corrected chi connectivity index (χ0v) is 33.1. The minimum atomic E-state index is -1.18. The maximum absolute atomic E-state index is 14.4. The molecular weight excluding hydrogens is 714 g/mol. The van der Waals surface area contributed by atoms with Crippen LogP contribution in [0, 0.1) is 17.3 Å². The van der Waals surface area contributed by atoms with E-state index in [4.69, 9.17) is 14.5 Å². The molecule has 56 heavy (non-hydrogen) atoms. The summed E-state index contributed by atoms with van der Waals surface area (Å²) in [5, 5.41) is 21.7. The molecule has 5 atom stereocenters. The van der Waals surface area contributed by atoms with Crippen LogP contribution in [0.3, 0.4) is 0 Å². The number of hydrogen-bond acceptors (Lipinski definition) is 8. The summed E-state index contributed by atoms with van der Waals surface area (Å²) in [6, 6.07) is 13.8. The number of aliphatic carboxylic acids is 1. The molecule has 2 aliphatic rings. The van der Waals surface area contributed by atoms with E-state index in [1.807, 2.05) is 70.2 Å². The summed E-state index contributed by atoms with van der Waals surface area (Å²) in [7, 11) is 3.11. The fourth-order valence-electron chi connectivity index (χ4n) is 7.59. The fourth-order valence-corrected chi connectivity index (χ4v) is 7.59. The van der Waals surface area contributed by atoms with E-state index in [-0.39, 0.29) is 30.2 Å². The van der Waals surface area contributed by atoms with Gasteiger partial charge >= 0.3 is 5.97 Å². The first-order chi connectivity index (χ1) is 26.7. The number of nitrogens with one attached hydrogen (secondary N) is 4. The van der Waals surface area contributed by atoms with Gasteiger partial charge in [-0.1, -0.05) is 83.7 Å². The third-order valence-electron chi connectivity index (χ3n) is 10.7. The molecule has 0 unspecified atom stereocenters. The third kappa shape index (κ3) is 10.0. The molecule has 0 bridgehead atoms. The highest BCUT2D eigenvalue weighted by Gasteiger charge is 2.42. The van der Waals surface area contributed by atoms with Gasteiger partial charge in [0, 0.05) is 42.1 Å². The highest BCUT2D eigenvalue weighted by atomic mass is 16.5. The Hall–Kier alpha value is -5.46. The first-order valence-electron chi connectivity index (χ1n) is 19.5. The van der Waals surface area contributed by atoms with Gasteiger partial charge in [-0.15, -0.1) is 0 Å². The van der Waals surface area contributed by atoms with Crippen LogP contribution in [0.2, 0.25) is 0 Å². The quantitative estimate of drug-likeness (QED) is 0.137. The monoisotopic (exact) mass is 769 g/mol. The summed E-state index contributed by atoms with van der Waals surface area (Å²) in [6.07, 6.45) is 6.14. The summed E-state index contributed by atoms with van der Waals surface area (Å²) < 4.78 is 12.1. The number of aromatic nitrogens is 1. The summed E-state index contributed by atoms with van der Waals surface area (Å²) in [6.45, 7) is 7.24. The number of carbonyl (C=O) groups excluding carboxylic acids is 4. The predicted octanol–water partition coefficient (Wildman–Crippen LogP) is 5.32. The number of likely N-dealkylation sites (N-methyl/N-ethyl adjacent to an activating group) is 1. The third-order valence-corrected chi connectivity index (χ3v) is 10.7. The minimum Gasteiger partial charge on any atom is -0.497 e. The van der Waals surface area contributed by atoms with Gasteiger partial charge in [0.15, 0.2) is 0 Å². The number of carboxylic acids is 1. The molecule has 3 aromatic rings. The van der Waals surface area contributed by atoms with Crippen LogP contribution in [-0.4, -0.2) is 78.1 Å². The van der Waals surface area contributed by atoms with Gasteiger partial charge in [-0.3, -0.25) is 19.2 Å². The molecule has 0 radical (unpaired) electrons. The maximum Gasteiger partial charge on any atom is 0.326 e. The number of rotatable bonds is 15. The second-order valence-electron chi connectivity index (χ2n) is 15.8. The van der Waals surface area contributed by atoms with Crippen LogP contribution in [0.25, 0.3) is 22.2 Å². The Morgan fingerprint density at radius 2 is 1.64 bits per heavy atom. The van der Waals surface area contributed by atoms with Gasteiger partial charge in [0.2, 0.25) is 23.6 Å². The molecule has 1 fully saturated rings. The Kier molecular flexibility index (Phi) is 13.7. The highest BCUT2D eigenvalue weighted by molar-refractivity contribution is 6.04. The lowest BCUT2D eigenvalue weighted by Gasteiger charge is -2.35. The number of fused-ring (bicyclic) bond motifs is 1. The van der Waals surface area contributed by atoms with Gasteiger partial charge in [0.1, 0.15) is 35.7 Å². The number of amides is 4. The van der Waals surface area contributed by atoms with E-state index in [0.29, 0.717) is 34.5 Å². The van der Waals surface area contributed by atoms with Gasteiger partial charge in [-0.2, -0.15) is 0 Å². The summed E-state index contributed by atoms with van der Waals surface area (Å²) in [4.78, 5) is 72.2. The Morgan fingerprint density at radius 3 is 2.27 bits per heavy atom. The van der Waals surface area contributed by atoms with Crippen molar-refractivity contribution in [3.8, 4) is 22.8 Å². The van der Waals surface area contributed by atoms with Crippen LogP contribution in [0.5, 0.6) is 11.5 Å². The Morgan fingerprint density at radius 1 is 0.929 bits per heavy atom. The second kappa shape index (κ2) is 18.4. The highest BCUT2D eigenvalue weighted by Crippen LogP contribution is 2.37. The van der Waals surface area contributed by atoms with Crippen molar-refractivity contribution in [3.63, 3.8) is 0 Å². The number of benzene rings is 2. The fraction of sp³-hybridized carbons (Fsp3) is 0.488. The molecule has 1 aromatic heterocycles. The lowest BCUT2D eigenvalue weighted by molar-refractivity contribution is -0.142. The van der Waals surface area contributed by atoms with E-state index in [9.17, 15) is 29.1 Å². The number of nitrogens with zero attached hydrogens (tertiary/aromatic N) is 1. The predicted molar refractivity (Wildman–Crippen MR) is 213 cm³/mol. The number of hydrogen-bond donors (Lipinski definition) is 5. The van der Waals surface area contributed by atoms with Crippen LogP contribution in [0.4, 0.5) is 0 Å². The minimum absolute atomic E-state index is 0.0283. The molecule has 13 nitrogen and oxygen atoms in total. The largest absolute Gasteiger partial charge is 0.497 e. The van der Waals surface area contributed by atoms with E-state index < -0.39 is 59.3 Å². The SMILES string of the molecule is CCC[C@H](NC(=O)[C@@H]1C[C@@H](Oc2cc(-c3ccccc3)nc3cc(OC)ccc23)C=C1C(=O)N[C@H](C(=O)N[C@H](C(=O)NC)C1CCCCC1)C(C)(C)C)C(=O)O. The van der Waals surface area contributed by atoms with Crippen molar-refractivity contribution in [3.05, 3.63) is 66.2 Å². The molecule has 2 aliphatic carbocycles. The van der Waals surface area contributed by atoms with Gasteiger partial charge < -0.3 is 35.8 Å². The lowest BCUT2D eigenvalue weighted by atomic mass is 9.82. The average molecular weight is 770 g/mol. The molecule has 5 N–H and O–H groups in total. The van der Waals surface area contributed by atoms with Crippen molar-refractivity contribution in [1.82, 2.24) is 26.3 Å². The first kappa shape index (κ1) is 41.7. The molecule has 1 saturated carbocycles. The number of methoxy groups -OCH3 is 1. The van der Waals surface area contributed by atoms with E-state index in [1.165, 1.54) is 7.05 Å². The Balaban J connectivity index is 1.48. The zero-order valence-electron chi connectivity index (χ0n) is 33.1. The van der Waals surface area contributed by atoms with Gasteiger partial charge in [0.05, 0.1) is 24.2 Å². The Labute approximate surface area is 328 Å². The summed E-state index contributed by atoms with van der Waals surface area (Å²) >= 11 is 0. The molecular formula is C43H55N5O8. The van der Waals surface area contributed by atoms with E-state index >= 15 is 0 Å². The smallest absolute Gasteiger partial charge is 0.326 e. The van der Waals surface area contributed by atoms with Crippen molar-refractivity contribution < 1.29 is 38.6 Å². The molecule has 0 spiro atoms. The molecule has 2 aromatic carbocycles. The second-order valence-corrected chi connectivity index (χ2v) is 15.8. The number of ether oxygens (including phenoxy) is 2. The normalized spacial score (nSPS) is 18.9. The van der Waals surface area contributed by atoms with Crippen molar-refractivity contribution in [2.45, 2.75) is 103 Å². The Bertz CT molecular complexity index is 1940. The van der Waals surface area contributed by atoms with E-state index in [1.54, 1.807) is 25.3 Å². The number of carbonyl (C=O) groups is 5. The van der Waals surface area contributed by atoms with Gasteiger partial charge in [0.25, 0.3) is 0 Å². The van der Waals surface area contributed by atoms with Crippen LogP contribution in [0.1, 0.15) is 79.1 Å². The molecule has 5 rings (SSSR count). The van der Waals surface area contributed by atoms with Crippen molar-refractivity contribution in [1.29, 1.82) is 0 Å². The van der Waals surface area contributed by atoms with Crippen molar-refractivity contribution in [2.24, 2.45) is 17.3 Å². The van der Waals surface area contributed by atoms with Gasteiger partial charge in [-0.25, -0.2) is 9.78 Å². The average Bonchev–Trinajstić information content (AvgIpc) is 3.62. The maximum atomic E-state index is 14.4. The van der Waals surface area contributed by atoms with Crippen LogP contribution < -0.4 is 30.7 Å². The molecule has 13 heteroatoms.